The number of carbonyl (C=O) groups excluding carboxylic acids is 1. The Balaban J connectivity index is 1.17. The first-order valence-electron chi connectivity index (χ1n) is 19.8. The standard InChI is InChI=1S/C43H47F2NO15S/c44-25-9-6-23(7-10-25)30(49)17-16-29-35(46(42(29)55)27-13-11-26(45)12-14-27)28-15-8-24(22-4-2-1-3-5-22)18-31(28)61-62(56,57)21-34-37(51)39(53)41(33(20-48)58-34)60-43-40(54)38(52)36(50)32(19-47)59-43/h1-15,18,29-30,32-41,43,47-54H,16-17,19-21H2. The zero-order chi connectivity index (χ0) is 44.5. The lowest BCUT2D eigenvalue weighted by Crippen LogP contribution is -2.65. The molecule has 4 aromatic carbocycles. The molecule has 3 saturated heterocycles. The number of carbonyl (C=O) groups is 1. The first-order chi connectivity index (χ1) is 29.6. The molecule has 0 bridgehead atoms. The minimum Gasteiger partial charge on any atom is -0.394 e. The van der Waals surface area contributed by atoms with Gasteiger partial charge in [0.05, 0.1) is 31.3 Å². The van der Waals surface area contributed by atoms with E-state index in [0.29, 0.717) is 22.4 Å². The van der Waals surface area contributed by atoms with E-state index in [0.717, 1.165) is 12.1 Å². The Bertz CT molecular complexity index is 2250. The Morgan fingerprint density at radius 3 is 1.98 bits per heavy atom. The van der Waals surface area contributed by atoms with Gasteiger partial charge < -0.3 is 64.1 Å². The number of nitrogens with zero attached hydrogens (tertiary/aromatic N) is 1. The van der Waals surface area contributed by atoms with Crippen LogP contribution in [0.15, 0.2) is 97.1 Å². The third-order valence-electron chi connectivity index (χ3n) is 11.5. The maximum atomic E-state index is 14.1. The number of aliphatic hydroxyl groups is 8. The van der Waals surface area contributed by atoms with Gasteiger partial charge in [0.2, 0.25) is 5.91 Å². The summed E-state index contributed by atoms with van der Waals surface area (Å²) < 4.78 is 78.2. The average molecular weight is 888 g/mol. The summed E-state index contributed by atoms with van der Waals surface area (Å²) in [5.41, 5.74) is 2.11. The average Bonchev–Trinajstić information content (AvgIpc) is 3.26. The van der Waals surface area contributed by atoms with Crippen LogP contribution < -0.4 is 9.08 Å². The first-order valence-corrected chi connectivity index (χ1v) is 21.4. The number of anilines is 1. The Morgan fingerprint density at radius 2 is 1.34 bits per heavy atom. The molecule has 8 N–H and O–H groups in total. The molecule has 3 aliphatic heterocycles. The number of halogens is 2. The molecule has 7 rings (SSSR count). The summed E-state index contributed by atoms with van der Waals surface area (Å²) >= 11 is 0. The van der Waals surface area contributed by atoms with Crippen molar-refractivity contribution < 1.29 is 81.2 Å². The van der Waals surface area contributed by atoms with Gasteiger partial charge in [-0.1, -0.05) is 54.6 Å². The second-order valence-electron chi connectivity index (χ2n) is 15.5. The summed E-state index contributed by atoms with van der Waals surface area (Å²) in [4.78, 5) is 15.3. The maximum absolute atomic E-state index is 14.1. The molecule has 0 spiro atoms. The number of rotatable bonds is 15. The van der Waals surface area contributed by atoms with E-state index in [-0.39, 0.29) is 24.2 Å². The molecule has 334 valence electrons. The molecule has 0 saturated carbocycles. The number of aliphatic hydroxyl groups excluding tert-OH is 8. The minimum atomic E-state index is -4.82. The van der Waals surface area contributed by atoms with E-state index in [1.807, 2.05) is 0 Å². The molecule has 13 atom stereocenters. The molecule has 16 nitrogen and oxygen atoms in total. The fraction of sp³-hybridized carbons (Fsp3) is 0.419. The minimum absolute atomic E-state index is 0.0543. The van der Waals surface area contributed by atoms with Crippen LogP contribution in [0, 0.1) is 17.6 Å². The van der Waals surface area contributed by atoms with Gasteiger partial charge in [-0.2, -0.15) is 8.42 Å². The second kappa shape index (κ2) is 19.1. The summed E-state index contributed by atoms with van der Waals surface area (Å²) in [7, 11) is -4.82. The van der Waals surface area contributed by atoms with E-state index in [1.54, 1.807) is 42.5 Å². The molecular weight excluding hydrogens is 841 g/mol. The summed E-state index contributed by atoms with van der Waals surface area (Å²) in [6, 6.07) is 23.0. The Hall–Kier alpha value is -4.48. The van der Waals surface area contributed by atoms with Crippen molar-refractivity contribution in [1.29, 1.82) is 0 Å². The van der Waals surface area contributed by atoms with E-state index >= 15 is 0 Å². The van der Waals surface area contributed by atoms with Crippen molar-refractivity contribution in [2.75, 3.05) is 23.9 Å². The Labute approximate surface area is 354 Å². The molecule has 4 aromatic rings. The highest BCUT2D eigenvalue weighted by molar-refractivity contribution is 7.87. The van der Waals surface area contributed by atoms with Crippen molar-refractivity contribution in [1.82, 2.24) is 0 Å². The van der Waals surface area contributed by atoms with Crippen molar-refractivity contribution in [3.63, 3.8) is 0 Å². The van der Waals surface area contributed by atoms with Gasteiger partial charge >= 0.3 is 10.1 Å². The number of amides is 1. The Kier molecular flexibility index (Phi) is 14.0. The van der Waals surface area contributed by atoms with Crippen LogP contribution in [-0.2, 0) is 29.1 Å². The SMILES string of the molecule is O=C1C(CCC(O)c2ccc(F)cc2)C(c2ccc(-c3ccccc3)cc2OS(=O)(=O)CC2OC(CO)C(OC3OC(CO)C(O)C(O)C3O)C(O)C2O)N1c1ccc(F)cc1. The van der Waals surface area contributed by atoms with Gasteiger partial charge in [0.15, 0.2) is 6.29 Å². The number of hydrogen-bond acceptors (Lipinski definition) is 15. The van der Waals surface area contributed by atoms with Gasteiger partial charge in [-0.05, 0) is 72.0 Å². The fourth-order valence-corrected chi connectivity index (χ4v) is 9.27. The fourth-order valence-electron chi connectivity index (χ4n) is 8.10. The third kappa shape index (κ3) is 9.54. The predicted octanol–water partition coefficient (Wildman–Crippen LogP) is 1.22. The molecule has 3 heterocycles. The molecule has 3 fully saturated rings. The molecule has 62 heavy (non-hydrogen) atoms. The van der Waals surface area contributed by atoms with Gasteiger partial charge in [0.25, 0.3) is 0 Å². The highest BCUT2D eigenvalue weighted by Gasteiger charge is 2.52. The highest BCUT2D eigenvalue weighted by Crippen LogP contribution is 2.50. The predicted molar refractivity (Wildman–Crippen MR) is 213 cm³/mol. The monoisotopic (exact) mass is 887 g/mol. The largest absolute Gasteiger partial charge is 0.394 e. The smallest absolute Gasteiger partial charge is 0.311 e. The molecule has 0 aromatic heterocycles. The van der Waals surface area contributed by atoms with E-state index in [9.17, 15) is 62.8 Å². The molecule has 3 aliphatic rings. The number of hydrogen-bond donors (Lipinski definition) is 8. The van der Waals surface area contributed by atoms with Crippen LogP contribution in [0.25, 0.3) is 11.1 Å². The maximum Gasteiger partial charge on any atom is 0.311 e. The summed E-state index contributed by atoms with van der Waals surface area (Å²) in [6.07, 6.45) is -18.6. The van der Waals surface area contributed by atoms with Gasteiger partial charge in [-0.3, -0.25) is 4.79 Å². The van der Waals surface area contributed by atoms with Crippen molar-refractivity contribution >= 4 is 21.7 Å². The van der Waals surface area contributed by atoms with E-state index in [2.05, 4.69) is 0 Å². The normalized spacial score (nSPS) is 30.7. The van der Waals surface area contributed by atoms with E-state index < -0.39 is 126 Å². The zero-order valence-electron chi connectivity index (χ0n) is 32.8. The molecule has 0 radical (unpaired) electrons. The van der Waals surface area contributed by atoms with E-state index in [4.69, 9.17) is 18.4 Å². The van der Waals surface area contributed by atoms with Crippen LogP contribution in [0.2, 0.25) is 0 Å². The Morgan fingerprint density at radius 1 is 0.710 bits per heavy atom. The van der Waals surface area contributed by atoms with Gasteiger partial charge in [-0.15, -0.1) is 0 Å². The van der Waals surface area contributed by atoms with Gasteiger partial charge in [0.1, 0.15) is 78.1 Å². The number of benzene rings is 4. The molecule has 1 amide bonds. The number of β-lactam (4-membered cyclic amide) rings is 1. The van der Waals surface area contributed by atoms with E-state index in [1.165, 1.54) is 47.4 Å². The van der Waals surface area contributed by atoms with Crippen LogP contribution in [0.3, 0.4) is 0 Å². The van der Waals surface area contributed by atoms with Crippen molar-refractivity contribution in [2.24, 2.45) is 5.92 Å². The van der Waals surface area contributed by atoms with Gasteiger partial charge in [0, 0.05) is 11.3 Å². The molecule has 0 aliphatic carbocycles. The molecular formula is C43H47F2NO15S. The van der Waals surface area contributed by atoms with Crippen LogP contribution in [-0.4, -0.2) is 135 Å². The lowest BCUT2D eigenvalue weighted by molar-refractivity contribution is -0.341. The summed E-state index contributed by atoms with van der Waals surface area (Å²) in [5.74, 6) is -3.64. The molecule has 13 unspecified atom stereocenters. The van der Waals surface area contributed by atoms with Gasteiger partial charge in [-0.25, -0.2) is 8.78 Å². The topological polar surface area (TPSA) is 253 Å². The van der Waals surface area contributed by atoms with Crippen molar-refractivity contribution in [3.8, 4) is 16.9 Å². The molecule has 19 heteroatoms. The van der Waals surface area contributed by atoms with Crippen LogP contribution >= 0.6 is 0 Å². The summed E-state index contributed by atoms with van der Waals surface area (Å²) in [5, 5.41) is 83.9. The van der Waals surface area contributed by atoms with Crippen molar-refractivity contribution in [3.05, 3.63) is 120 Å². The zero-order valence-corrected chi connectivity index (χ0v) is 33.6. The van der Waals surface area contributed by atoms with Crippen molar-refractivity contribution in [2.45, 2.75) is 86.2 Å². The lowest BCUT2D eigenvalue weighted by atomic mass is 9.77. The highest BCUT2D eigenvalue weighted by atomic mass is 32.2. The third-order valence-corrected chi connectivity index (χ3v) is 12.6. The number of ether oxygens (including phenoxy) is 3. The van der Waals surface area contributed by atoms with Crippen LogP contribution in [0.4, 0.5) is 14.5 Å². The summed E-state index contributed by atoms with van der Waals surface area (Å²) in [6.45, 7) is -1.70. The van der Waals surface area contributed by atoms with Crippen LogP contribution in [0.1, 0.15) is 36.1 Å². The first kappa shape index (κ1) is 45.5. The quantitative estimate of drug-likeness (QED) is 0.0618. The second-order valence-corrected chi connectivity index (χ2v) is 17.1. The van der Waals surface area contributed by atoms with Crippen LogP contribution in [0.5, 0.6) is 5.75 Å². The lowest BCUT2D eigenvalue weighted by Gasteiger charge is -2.48.